The number of carbonyl (C=O) groups is 1. The van der Waals surface area contributed by atoms with E-state index < -0.39 is 5.92 Å². The fourth-order valence-electron chi connectivity index (χ4n) is 3.63. The van der Waals surface area contributed by atoms with Crippen molar-refractivity contribution in [1.82, 2.24) is 5.32 Å². The van der Waals surface area contributed by atoms with E-state index in [0.29, 0.717) is 35.2 Å². The predicted molar refractivity (Wildman–Crippen MR) is 98.4 cm³/mol. The molecule has 3 nitrogen and oxygen atoms in total. The third-order valence-corrected chi connectivity index (χ3v) is 5.30. The number of nitriles is 1. The van der Waals surface area contributed by atoms with Crippen molar-refractivity contribution < 1.29 is 9.18 Å². The molecule has 1 aliphatic heterocycles. The number of ketones is 1. The summed E-state index contributed by atoms with van der Waals surface area (Å²) in [6.45, 7) is 5.92. The van der Waals surface area contributed by atoms with E-state index in [-0.39, 0.29) is 17.0 Å². The first kappa shape index (κ1) is 17.2. The van der Waals surface area contributed by atoms with Crippen molar-refractivity contribution in [2.45, 2.75) is 39.5 Å². The number of rotatable bonds is 1. The van der Waals surface area contributed by atoms with Gasteiger partial charge in [-0.25, -0.2) is 4.39 Å². The fourth-order valence-corrected chi connectivity index (χ4v) is 4.15. The molecule has 3 rings (SSSR count). The van der Waals surface area contributed by atoms with Crippen LogP contribution < -0.4 is 5.32 Å². The molecule has 0 unspecified atom stereocenters. The van der Waals surface area contributed by atoms with Gasteiger partial charge in [-0.2, -0.15) is 5.26 Å². The van der Waals surface area contributed by atoms with Gasteiger partial charge in [0.1, 0.15) is 5.82 Å². The number of nitrogens with one attached hydrogen (secondary N) is 1. The van der Waals surface area contributed by atoms with E-state index in [9.17, 15) is 14.4 Å². The average molecular weight is 436 g/mol. The first-order valence-corrected chi connectivity index (χ1v) is 8.90. The Kier molecular flexibility index (Phi) is 4.28. The molecule has 1 aromatic carbocycles. The van der Waals surface area contributed by atoms with Crippen LogP contribution in [0.5, 0.6) is 0 Å². The molecule has 2 aliphatic rings. The number of dihydropyridines is 1. The molecule has 0 fully saturated rings. The lowest BCUT2D eigenvalue weighted by atomic mass is 9.69. The van der Waals surface area contributed by atoms with Crippen molar-refractivity contribution in [2.75, 3.05) is 0 Å². The Labute approximate surface area is 154 Å². The molecule has 124 valence electrons. The monoisotopic (exact) mass is 436 g/mol. The topological polar surface area (TPSA) is 52.9 Å². The van der Waals surface area contributed by atoms with E-state index in [0.717, 1.165) is 9.27 Å². The van der Waals surface area contributed by atoms with Crippen LogP contribution in [0.15, 0.2) is 40.7 Å². The summed E-state index contributed by atoms with van der Waals surface area (Å²) in [5.74, 6) is -1.01. The molecule has 24 heavy (non-hydrogen) atoms. The highest BCUT2D eigenvalue weighted by Crippen LogP contribution is 2.46. The minimum atomic E-state index is -0.621. The van der Waals surface area contributed by atoms with Gasteiger partial charge in [0.15, 0.2) is 5.78 Å². The largest absolute Gasteiger partial charge is 0.361 e. The second kappa shape index (κ2) is 5.99. The number of hydrogen-bond donors (Lipinski definition) is 1. The second-order valence-electron chi connectivity index (χ2n) is 7.21. The number of hydrogen-bond acceptors (Lipinski definition) is 3. The molecule has 1 heterocycles. The Balaban J connectivity index is 2.24. The van der Waals surface area contributed by atoms with Gasteiger partial charge in [0.2, 0.25) is 0 Å². The Hall–Kier alpha value is -1.68. The van der Waals surface area contributed by atoms with E-state index in [2.05, 4.69) is 47.8 Å². The van der Waals surface area contributed by atoms with Crippen LogP contribution in [0.3, 0.4) is 0 Å². The van der Waals surface area contributed by atoms with Crippen LogP contribution in [0.1, 0.15) is 45.1 Å². The van der Waals surface area contributed by atoms with E-state index in [4.69, 9.17) is 0 Å². The van der Waals surface area contributed by atoms with Gasteiger partial charge < -0.3 is 5.32 Å². The quantitative estimate of drug-likeness (QED) is 0.657. The normalized spacial score (nSPS) is 22.8. The molecule has 1 atom stereocenters. The number of benzene rings is 1. The maximum Gasteiger partial charge on any atom is 0.162 e. The molecule has 0 bridgehead atoms. The minimum Gasteiger partial charge on any atom is -0.361 e. The number of Topliss-reactive ketones (excluding diaryl/α,β-unsaturated/α-hetero) is 1. The summed E-state index contributed by atoms with van der Waals surface area (Å²) in [6.07, 6.45) is 1.12. The number of nitrogens with zero attached hydrogens (tertiary/aromatic N) is 1. The van der Waals surface area contributed by atoms with Crippen LogP contribution in [0.25, 0.3) is 0 Å². The molecule has 1 aliphatic carbocycles. The maximum atomic E-state index is 14.5. The lowest BCUT2D eigenvalue weighted by Gasteiger charge is -2.38. The summed E-state index contributed by atoms with van der Waals surface area (Å²) < 4.78 is 15.4. The Bertz CT molecular complexity index is 845. The Morgan fingerprint density at radius 3 is 2.75 bits per heavy atom. The number of allylic oxidation sites excluding steroid dienone is 4. The van der Waals surface area contributed by atoms with Crippen LogP contribution in [0.2, 0.25) is 0 Å². The summed E-state index contributed by atoms with van der Waals surface area (Å²) in [5.41, 5.74) is 2.77. The van der Waals surface area contributed by atoms with Crippen LogP contribution >= 0.6 is 22.6 Å². The highest BCUT2D eigenvalue weighted by Gasteiger charge is 2.41. The highest BCUT2D eigenvalue weighted by molar-refractivity contribution is 14.1. The van der Waals surface area contributed by atoms with Gasteiger partial charge in [-0.05, 0) is 59.5 Å². The van der Waals surface area contributed by atoms with Crippen molar-refractivity contribution >= 4 is 28.4 Å². The van der Waals surface area contributed by atoms with Crippen molar-refractivity contribution in [3.8, 4) is 6.07 Å². The van der Waals surface area contributed by atoms with Crippen LogP contribution in [-0.2, 0) is 4.79 Å². The van der Waals surface area contributed by atoms with Gasteiger partial charge >= 0.3 is 0 Å². The molecule has 0 saturated carbocycles. The summed E-state index contributed by atoms with van der Waals surface area (Å²) in [4.78, 5) is 12.8. The van der Waals surface area contributed by atoms with Gasteiger partial charge in [0.25, 0.3) is 0 Å². The van der Waals surface area contributed by atoms with Gasteiger partial charge in [0, 0.05) is 32.5 Å². The van der Waals surface area contributed by atoms with Crippen molar-refractivity contribution in [3.63, 3.8) is 0 Å². The average Bonchev–Trinajstić information content (AvgIpc) is 2.47. The van der Waals surface area contributed by atoms with Gasteiger partial charge in [-0.3, -0.25) is 4.79 Å². The van der Waals surface area contributed by atoms with E-state index in [1.165, 1.54) is 6.07 Å². The first-order valence-electron chi connectivity index (χ1n) is 7.82. The molecule has 5 heteroatoms. The molecule has 0 saturated heterocycles. The standard InChI is InChI=1S/C19H18FIN2O/c1-10-13(9-22)17(12-6-11(21)4-5-14(12)20)18-15(23-10)7-19(2,3)8-16(18)24/h4-6,17,23H,7-8H2,1-3H3/t17-/m1/s1. The zero-order valence-electron chi connectivity index (χ0n) is 13.8. The zero-order valence-corrected chi connectivity index (χ0v) is 16.0. The summed E-state index contributed by atoms with van der Waals surface area (Å²) in [5, 5.41) is 12.9. The smallest absolute Gasteiger partial charge is 0.162 e. The third-order valence-electron chi connectivity index (χ3n) is 4.63. The third kappa shape index (κ3) is 2.88. The fraction of sp³-hybridized carbons (Fsp3) is 0.368. The predicted octanol–water partition coefficient (Wildman–Crippen LogP) is 4.56. The molecule has 0 spiro atoms. The summed E-state index contributed by atoms with van der Waals surface area (Å²) >= 11 is 2.12. The van der Waals surface area contributed by atoms with E-state index in [1.807, 2.05) is 6.92 Å². The van der Waals surface area contributed by atoms with Crippen molar-refractivity contribution in [1.29, 1.82) is 5.26 Å². The van der Waals surface area contributed by atoms with Crippen LogP contribution in [0.4, 0.5) is 4.39 Å². The van der Waals surface area contributed by atoms with Crippen LogP contribution in [0, 0.1) is 26.1 Å². The van der Waals surface area contributed by atoms with Gasteiger partial charge in [-0.15, -0.1) is 0 Å². The molecular formula is C19H18FIN2O. The van der Waals surface area contributed by atoms with Crippen molar-refractivity contribution in [3.05, 3.63) is 55.7 Å². The van der Waals surface area contributed by atoms with E-state index in [1.54, 1.807) is 12.1 Å². The second-order valence-corrected chi connectivity index (χ2v) is 8.45. The lowest BCUT2D eigenvalue weighted by Crippen LogP contribution is -2.37. The SMILES string of the molecule is CC1=C(C#N)[C@@H](c2cc(I)ccc2F)C2=C(CC(C)(C)CC2=O)N1. The van der Waals surface area contributed by atoms with Gasteiger partial charge in [-0.1, -0.05) is 13.8 Å². The molecule has 0 aromatic heterocycles. The first-order chi connectivity index (χ1) is 11.2. The lowest BCUT2D eigenvalue weighted by molar-refractivity contribution is -0.118. The summed E-state index contributed by atoms with van der Waals surface area (Å²) in [7, 11) is 0. The zero-order chi connectivity index (χ0) is 17.6. The van der Waals surface area contributed by atoms with Crippen LogP contribution in [-0.4, -0.2) is 5.78 Å². The molecule has 0 radical (unpaired) electrons. The molecule has 0 amide bonds. The highest BCUT2D eigenvalue weighted by atomic mass is 127. The Morgan fingerprint density at radius 2 is 2.08 bits per heavy atom. The van der Waals surface area contributed by atoms with Crippen molar-refractivity contribution in [2.24, 2.45) is 5.41 Å². The summed E-state index contributed by atoms with van der Waals surface area (Å²) in [6, 6.07) is 7.00. The maximum absolute atomic E-state index is 14.5. The molecule has 1 N–H and O–H groups in total. The number of carbonyl (C=O) groups excluding carboxylic acids is 1. The van der Waals surface area contributed by atoms with Gasteiger partial charge in [0.05, 0.1) is 17.6 Å². The molecular weight excluding hydrogens is 418 g/mol. The minimum absolute atomic E-state index is 0.00254. The van der Waals surface area contributed by atoms with E-state index >= 15 is 0 Å². The Morgan fingerprint density at radius 1 is 1.38 bits per heavy atom. The molecule has 1 aromatic rings. The number of halogens is 2.